The first-order valence-corrected chi connectivity index (χ1v) is 5.20. The molecule has 0 atom stereocenters. The fourth-order valence-electron chi connectivity index (χ4n) is 1.71. The van der Waals surface area contributed by atoms with Crippen LogP contribution in [0.2, 0.25) is 5.02 Å². The average molecular weight is 232 g/mol. The molecule has 3 nitrogen and oxygen atoms in total. The number of hydrogen-bond acceptors (Lipinski definition) is 2. The lowest BCUT2D eigenvalue weighted by Crippen LogP contribution is -1.94. The van der Waals surface area contributed by atoms with Crippen molar-refractivity contribution in [3.8, 4) is 17.3 Å². The van der Waals surface area contributed by atoms with Gasteiger partial charge in [0.15, 0.2) is 0 Å². The molecule has 0 amide bonds. The second-order valence-corrected chi connectivity index (χ2v) is 3.91. The van der Waals surface area contributed by atoms with Crippen LogP contribution in [0.4, 0.5) is 0 Å². The Morgan fingerprint density at radius 2 is 2.25 bits per heavy atom. The monoisotopic (exact) mass is 231 g/mol. The molecule has 2 heterocycles. The quantitative estimate of drug-likeness (QED) is 0.757. The zero-order valence-corrected chi connectivity index (χ0v) is 9.78. The van der Waals surface area contributed by atoms with E-state index in [1.165, 1.54) is 0 Å². The van der Waals surface area contributed by atoms with Crippen LogP contribution in [0.1, 0.15) is 11.3 Å². The van der Waals surface area contributed by atoms with Crippen LogP contribution in [0, 0.1) is 18.3 Å². The summed E-state index contributed by atoms with van der Waals surface area (Å²) in [6, 6.07) is 5.89. The summed E-state index contributed by atoms with van der Waals surface area (Å²) >= 11 is 6.20. The van der Waals surface area contributed by atoms with Crippen molar-refractivity contribution in [2.75, 3.05) is 0 Å². The van der Waals surface area contributed by atoms with Gasteiger partial charge in [0.25, 0.3) is 0 Å². The fourth-order valence-corrected chi connectivity index (χ4v) is 2.13. The van der Waals surface area contributed by atoms with Crippen molar-refractivity contribution >= 4 is 11.6 Å². The molecule has 16 heavy (non-hydrogen) atoms. The summed E-state index contributed by atoms with van der Waals surface area (Å²) in [5.41, 5.74) is 3.15. The van der Waals surface area contributed by atoms with Gasteiger partial charge in [-0.1, -0.05) is 11.6 Å². The van der Waals surface area contributed by atoms with Crippen molar-refractivity contribution in [3.05, 3.63) is 40.8 Å². The van der Waals surface area contributed by atoms with Crippen LogP contribution in [0.5, 0.6) is 0 Å². The van der Waals surface area contributed by atoms with E-state index >= 15 is 0 Å². The Labute approximate surface area is 98.9 Å². The maximum absolute atomic E-state index is 9.02. The van der Waals surface area contributed by atoms with E-state index in [4.69, 9.17) is 16.9 Å². The van der Waals surface area contributed by atoms with E-state index in [2.05, 4.69) is 11.1 Å². The SMILES string of the molecule is Cc1c(C#N)c(Cl)c(-c2cccnc2)n1C. The molecule has 2 rings (SSSR count). The van der Waals surface area contributed by atoms with Gasteiger partial charge >= 0.3 is 0 Å². The lowest BCUT2D eigenvalue weighted by molar-refractivity contribution is 0.888. The number of hydrogen-bond donors (Lipinski definition) is 0. The van der Waals surface area contributed by atoms with Gasteiger partial charge in [-0.05, 0) is 19.1 Å². The standard InChI is InChI=1S/C12H10ClN3/c1-8-10(6-14)11(13)12(16(8)2)9-4-3-5-15-7-9/h3-5,7H,1-2H3. The van der Waals surface area contributed by atoms with Gasteiger partial charge in [-0.15, -0.1) is 0 Å². The van der Waals surface area contributed by atoms with E-state index in [1.54, 1.807) is 12.4 Å². The lowest BCUT2D eigenvalue weighted by Gasteiger charge is -2.04. The fraction of sp³-hybridized carbons (Fsp3) is 0.167. The molecule has 0 saturated carbocycles. The first-order chi connectivity index (χ1) is 7.66. The molecule has 2 aromatic heterocycles. The second-order valence-electron chi connectivity index (χ2n) is 3.54. The Kier molecular flexibility index (Phi) is 2.67. The van der Waals surface area contributed by atoms with Gasteiger partial charge in [-0.3, -0.25) is 4.98 Å². The molecule has 0 spiro atoms. The molecule has 0 aliphatic carbocycles. The van der Waals surface area contributed by atoms with Crippen LogP contribution >= 0.6 is 11.6 Å². The maximum Gasteiger partial charge on any atom is 0.103 e. The Hall–Kier alpha value is -1.79. The van der Waals surface area contributed by atoms with Gasteiger partial charge in [0.2, 0.25) is 0 Å². The molecule has 0 bridgehead atoms. The first-order valence-electron chi connectivity index (χ1n) is 4.82. The topological polar surface area (TPSA) is 41.6 Å². The number of pyridine rings is 1. The van der Waals surface area contributed by atoms with Gasteiger partial charge in [-0.25, -0.2) is 0 Å². The molecule has 0 N–H and O–H groups in total. The van der Waals surface area contributed by atoms with Crippen LogP contribution < -0.4 is 0 Å². The first kappa shape index (κ1) is 10.7. The molecule has 80 valence electrons. The van der Waals surface area contributed by atoms with Crippen LogP contribution in [-0.2, 0) is 7.05 Å². The lowest BCUT2D eigenvalue weighted by atomic mass is 10.2. The normalized spacial score (nSPS) is 10.1. The van der Waals surface area contributed by atoms with E-state index in [0.717, 1.165) is 17.0 Å². The molecule has 0 fully saturated rings. The predicted molar refractivity (Wildman–Crippen MR) is 63.1 cm³/mol. The Morgan fingerprint density at radius 3 is 2.75 bits per heavy atom. The number of nitriles is 1. The van der Waals surface area contributed by atoms with Crippen molar-refractivity contribution in [2.24, 2.45) is 7.05 Å². The van der Waals surface area contributed by atoms with Gasteiger partial charge < -0.3 is 4.57 Å². The summed E-state index contributed by atoms with van der Waals surface area (Å²) in [6.07, 6.45) is 3.44. The van der Waals surface area contributed by atoms with Crippen molar-refractivity contribution < 1.29 is 0 Å². The van der Waals surface area contributed by atoms with Gasteiger partial charge in [0, 0.05) is 30.7 Å². The molecule has 0 aliphatic heterocycles. The highest BCUT2D eigenvalue weighted by atomic mass is 35.5. The molecule has 4 heteroatoms. The summed E-state index contributed by atoms with van der Waals surface area (Å²) in [4.78, 5) is 4.05. The van der Waals surface area contributed by atoms with Crippen molar-refractivity contribution in [3.63, 3.8) is 0 Å². The van der Waals surface area contributed by atoms with Crippen molar-refractivity contribution in [1.82, 2.24) is 9.55 Å². The molecule has 0 radical (unpaired) electrons. The third-order valence-corrected chi connectivity index (χ3v) is 3.04. The minimum atomic E-state index is 0.496. The van der Waals surface area contributed by atoms with Crippen LogP contribution in [0.15, 0.2) is 24.5 Å². The van der Waals surface area contributed by atoms with Crippen molar-refractivity contribution in [2.45, 2.75) is 6.92 Å². The number of nitrogens with zero attached hydrogens (tertiary/aromatic N) is 3. The van der Waals surface area contributed by atoms with Crippen LogP contribution in [0.3, 0.4) is 0 Å². The molecule has 0 saturated heterocycles. The maximum atomic E-state index is 9.02. The van der Waals surface area contributed by atoms with E-state index in [-0.39, 0.29) is 0 Å². The largest absolute Gasteiger partial charge is 0.345 e. The number of aromatic nitrogens is 2. The Balaban J connectivity index is 2.73. The summed E-state index contributed by atoms with van der Waals surface area (Å²) < 4.78 is 1.91. The van der Waals surface area contributed by atoms with E-state index in [0.29, 0.717) is 10.6 Å². The summed E-state index contributed by atoms with van der Waals surface area (Å²) in [6.45, 7) is 1.88. The van der Waals surface area contributed by atoms with E-state index < -0.39 is 0 Å². The van der Waals surface area contributed by atoms with Gasteiger partial charge in [0.1, 0.15) is 6.07 Å². The predicted octanol–water partition coefficient (Wildman–Crippen LogP) is 2.92. The van der Waals surface area contributed by atoms with Crippen LogP contribution in [0.25, 0.3) is 11.3 Å². The minimum Gasteiger partial charge on any atom is -0.345 e. The smallest absolute Gasteiger partial charge is 0.103 e. The zero-order chi connectivity index (χ0) is 11.7. The summed E-state index contributed by atoms with van der Waals surface area (Å²) in [7, 11) is 1.89. The van der Waals surface area contributed by atoms with Crippen LogP contribution in [-0.4, -0.2) is 9.55 Å². The third-order valence-electron chi connectivity index (χ3n) is 2.67. The Bertz CT molecular complexity index is 564. The van der Waals surface area contributed by atoms with E-state index in [1.807, 2.05) is 30.7 Å². The summed E-state index contributed by atoms with van der Waals surface area (Å²) in [5, 5.41) is 9.52. The third kappa shape index (κ3) is 1.48. The highest BCUT2D eigenvalue weighted by molar-refractivity contribution is 6.34. The molecule has 0 aliphatic rings. The molecular weight excluding hydrogens is 222 g/mol. The highest BCUT2D eigenvalue weighted by Gasteiger charge is 2.17. The number of halogens is 1. The zero-order valence-electron chi connectivity index (χ0n) is 9.03. The molecular formula is C12H10ClN3. The van der Waals surface area contributed by atoms with Gasteiger partial charge in [0.05, 0.1) is 16.3 Å². The van der Waals surface area contributed by atoms with Crippen molar-refractivity contribution in [1.29, 1.82) is 5.26 Å². The van der Waals surface area contributed by atoms with Gasteiger partial charge in [-0.2, -0.15) is 5.26 Å². The highest BCUT2D eigenvalue weighted by Crippen LogP contribution is 2.33. The molecule has 0 aromatic carbocycles. The number of rotatable bonds is 1. The molecule has 2 aromatic rings. The second kappa shape index (κ2) is 3.99. The minimum absolute atomic E-state index is 0.496. The van der Waals surface area contributed by atoms with E-state index in [9.17, 15) is 0 Å². The Morgan fingerprint density at radius 1 is 1.50 bits per heavy atom. The summed E-state index contributed by atoms with van der Waals surface area (Å²) in [5.74, 6) is 0. The average Bonchev–Trinajstić information content (AvgIpc) is 2.51. The molecule has 0 unspecified atom stereocenters.